The highest BCUT2D eigenvalue weighted by atomic mass is 16.5. The molecule has 0 spiro atoms. The molecule has 3 aromatic rings. The van der Waals surface area contributed by atoms with Gasteiger partial charge < -0.3 is 19.3 Å². The van der Waals surface area contributed by atoms with Crippen LogP contribution in [0.4, 0.5) is 5.69 Å². The zero-order chi connectivity index (χ0) is 23.4. The van der Waals surface area contributed by atoms with E-state index in [0.29, 0.717) is 29.2 Å². The molecule has 0 saturated heterocycles. The van der Waals surface area contributed by atoms with E-state index in [-0.39, 0.29) is 11.5 Å². The van der Waals surface area contributed by atoms with Gasteiger partial charge in [-0.25, -0.2) is 0 Å². The zero-order valence-electron chi connectivity index (χ0n) is 18.1. The molecule has 1 unspecified atom stereocenters. The van der Waals surface area contributed by atoms with Crippen LogP contribution in [-0.4, -0.2) is 22.8 Å². The summed E-state index contributed by atoms with van der Waals surface area (Å²) in [5.41, 5.74) is 5.61. The smallest absolute Gasteiger partial charge is 0.308 e. The van der Waals surface area contributed by atoms with Gasteiger partial charge in [0.1, 0.15) is 29.1 Å². The quantitative estimate of drug-likeness (QED) is 0.336. The molecule has 0 saturated carbocycles. The SMILES string of the molecule is CC(=O)Oc1ccc(C2CC(=NNc3ccccc3)c3c(O)cc(OC(C)=O)cc3O2)cc1. The van der Waals surface area contributed by atoms with Crippen LogP contribution in [0.15, 0.2) is 71.8 Å². The summed E-state index contributed by atoms with van der Waals surface area (Å²) in [6, 6.07) is 19.3. The normalized spacial score (nSPS) is 15.8. The molecule has 1 heterocycles. The topological polar surface area (TPSA) is 106 Å². The largest absolute Gasteiger partial charge is 0.507 e. The standard InChI is InChI=1S/C25H22N2O6/c1-15(28)31-19-10-8-17(9-11-19)23-14-21(27-26-18-6-4-3-5-7-18)25-22(30)12-20(32-16(2)29)13-24(25)33-23/h3-13,23,26,30H,14H2,1-2H3. The van der Waals surface area contributed by atoms with Crippen molar-refractivity contribution in [2.45, 2.75) is 26.4 Å². The van der Waals surface area contributed by atoms with E-state index in [1.807, 2.05) is 30.3 Å². The summed E-state index contributed by atoms with van der Waals surface area (Å²) in [5.74, 6) is -0.0964. The van der Waals surface area contributed by atoms with Crippen molar-refractivity contribution in [1.82, 2.24) is 0 Å². The molecule has 0 aromatic heterocycles. The first-order chi connectivity index (χ1) is 15.9. The number of ether oxygens (including phenoxy) is 3. The van der Waals surface area contributed by atoms with E-state index in [1.54, 1.807) is 30.3 Å². The zero-order valence-corrected chi connectivity index (χ0v) is 18.1. The number of carbonyl (C=O) groups excluding carboxylic acids is 2. The van der Waals surface area contributed by atoms with Crippen molar-refractivity contribution in [2.24, 2.45) is 5.10 Å². The van der Waals surface area contributed by atoms with Crippen LogP contribution < -0.4 is 19.6 Å². The minimum Gasteiger partial charge on any atom is -0.507 e. The van der Waals surface area contributed by atoms with Gasteiger partial charge in [0.25, 0.3) is 0 Å². The highest BCUT2D eigenvalue weighted by Gasteiger charge is 2.30. The lowest BCUT2D eigenvalue weighted by Gasteiger charge is -2.28. The van der Waals surface area contributed by atoms with Crippen molar-refractivity contribution in [2.75, 3.05) is 5.43 Å². The van der Waals surface area contributed by atoms with Gasteiger partial charge in [-0.2, -0.15) is 5.10 Å². The number of nitrogens with zero attached hydrogens (tertiary/aromatic N) is 1. The maximum absolute atomic E-state index is 11.4. The number of fused-ring (bicyclic) bond motifs is 1. The van der Waals surface area contributed by atoms with Crippen LogP contribution in [0.3, 0.4) is 0 Å². The van der Waals surface area contributed by atoms with E-state index in [4.69, 9.17) is 14.2 Å². The van der Waals surface area contributed by atoms with Crippen LogP contribution in [-0.2, 0) is 9.59 Å². The molecule has 4 rings (SSSR count). The van der Waals surface area contributed by atoms with Crippen LogP contribution in [0.1, 0.15) is 37.5 Å². The van der Waals surface area contributed by atoms with Crippen LogP contribution in [0.5, 0.6) is 23.0 Å². The Labute approximate surface area is 190 Å². The Morgan fingerprint density at radius 3 is 2.30 bits per heavy atom. The van der Waals surface area contributed by atoms with Crippen molar-refractivity contribution in [3.05, 3.63) is 77.9 Å². The van der Waals surface area contributed by atoms with E-state index in [9.17, 15) is 14.7 Å². The van der Waals surface area contributed by atoms with Gasteiger partial charge in [0.15, 0.2) is 0 Å². The summed E-state index contributed by atoms with van der Waals surface area (Å²) in [7, 11) is 0. The van der Waals surface area contributed by atoms with Gasteiger partial charge in [-0.1, -0.05) is 30.3 Å². The fraction of sp³-hybridized carbons (Fsp3) is 0.160. The third kappa shape index (κ3) is 5.30. The number of benzene rings is 3. The Morgan fingerprint density at radius 2 is 1.64 bits per heavy atom. The molecule has 33 heavy (non-hydrogen) atoms. The van der Waals surface area contributed by atoms with Crippen molar-refractivity contribution >= 4 is 23.3 Å². The average molecular weight is 446 g/mol. The van der Waals surface area contributed by atoms with Gasteiger partial charge in [0.2, 0.25) is 0 Å². The number of para-hydroxylation sites is 1. The van der Waals surface area contributed by atoms with Crippen LogP contribution >= 0.6 is 0 Å². The molecule has 2 N–H and O–H groups in total. The number of carbonyl (C=O) groups is 2. The monoisotopic (exact) mass is 446 g/mol. The first-order valence-corrected chi connectivity index (χ1v) is 10.3. The fourth-order valence-corrected chi connectivity index (χ4v) is 3.51. The molecule has 0 fully saturated rings. The summed E-state index contributed by atoms with van der Waals surface area (Å²) in [6.07, 6.45) is -0.0765. The molecule has 8 nitrogen and oxygen atoms in total. The van der Waals surface area contributed by atoms with Gasteiger partial charge in [-0.3, -0.25) is 15.0 Å². The summed E-state index contributed by atoms with van der Waals surface area (Å²) in [6.45, 7) is 2.62. The number of phenolic OH excluding ortho intramolecular Hbond substituents is 1. The van der Waals surface area contributed by atoms with E-state index in [2.05, 4.69) is 10.5 Å². The Hall–Kier alpha value is -4.33. The predicted molar refractivity (Wildman–Crippen MR) is 122 cm³/mol. The molecule has 3 aromatic carbocycles. The molecule has 0 bridgehead atoms. The molecule has 1 aliphatic rings. The van der Waals surface area contributed by atoms with Gasteiger partial charge >= 0.3 is 11.9 Å². The summed E-state index contributed by atoms with van der Waals surface area (Å²) >= 11 is 0. The molecule has 0 amide bonds. The number of nitrogens with one attached hydrogen (secondary N) is 1. The predicted octanol–water partition coefficient (Wildman–Crippen LogP) is 4.58. The van der Waals surface area contributed by atoms with Crippen molar-refractivity contribution in [3.63, 3.8) is 0 Å². The number of hydrazone groups is 1. The molecule has 8 heteroatoms. The Morgan fingerprint density at radius 1 is 0.970 bits per heavy atom. The Balaban J connectivity index is 1.70. The van der Waals surface area contributed by atoms with E-state index in [0.717, 1.165) is 11.3 Å². The lowest BCUT2D eigenvalue weighted by molar-refractivity contribution is -0.132. The molecule has 0 radical (unpaired) electrons. The molecular formula is C25H22N2O6. The summed E-state index contributed by atoms with van der Waals surface area (Å²) < 4.78 is 16.4. The maximum Gasteiger partial charge on any atom is 0.308 e. The number of hydrogen-bond donors (Lipinski definition) is 2. The molecule has 1 aliphatic heterocycles. The van der Waals surface area contributed by atoms with Gasteiger partial charge in [0.05, 0.1) is 17.0 Å². The fourth-order valence-electron chi connectivity index (χ4n) is 3.51. The number of anilines is 1. The Kier molecular flexibility index (Phi) is 6.26. The number of esters is 2. The maximum atomic E-state index is 11.4. The van der Waals surface area contributed by atoms with Crippen molar-refractivity contribution < 1.29 is 28.9 Å². The number of aromatic hydroxyl groups is 1. The first kappa shape index (κ1) is 21.9. The summed E-state index contributed by atoms with van der Waals surface area (Å²) in [4.78, 5) is 22.6. The second-order valence-corrected chi connectivity index (χ2v) is 7.42. The lowest BCUT2D eigenvalue weighted by Crippen LogP contribution is -2.22. The first-order valence-electron chi connectivity index (χ1n) is 10.3. The van der Waals surface area contributed by atoms with Crippen molar-refractivity contribution in [1.29, 1.82) is 0 Å². The number of hydrogen-bond acceptors (Lipinski definition) is 8. The van der Waals surface area contributed by atoms with Crippen LogP contribution in [0.25, 0.3) is 0 Å². The summed E-state index contributed by atoms with van der Waals surface area (Å²) in [5, 5.41) is 15.2. The third-order valence-electron chi connectivity index (χ3n) is 4.86. The van der Waals surface area contributed by atoms with Crippen LogP contribution in [0.2, 0.25) is 0 Å². The molecule has 0 aliphatic carbocycles. The molecule has 1 atom stereocenters. The highest BCUT2D eigenvalue weighted by molar-refractivity contribution is 6.07. The van der Waals surface area contributed by atoms with E-state index >= 15 is 0 Å². The lowest BCUT2D eigenvalue weighted by atomic mass is 9.94. The van der Waals surface area contributed by atoms with Gasteiger partial charge in [-0.15, -0.1) is 0 Å². The third-order valence-corrected chi connectivity index (χ3v) is 4.86. The molecule has 168 valence electrons. The van der Waals surface area contributed by atoms with Gasteiger partial charge in [-0.05, 0) is 29.8 Å². The minimum absolute atomic E-state index is 0.110. The highest BCUT2D eigenvalue weighted by Crippen LogP contribution is 2.42. The average Bonchev–Trinajstić information content (AvgIpc) is 2.77. The number of rotatable bonds is 5. The van der Waals surface area contributed by atoms with E-state index < -0.39 is 18.0 Å². The second-order valence-electron chi connectivity index (χ2n) is 7.42. The second kappa shape index (κ2) is 9.44. The minimum atomic E-state index is -0.512. The Bertz CT molecular complexity index is 1210. The van der Waals surface area contributed by atoms with Gasteiger partial charge in [0, 0.05) is 32.4 Å². The number of phenols is 1. The van der Waals surface area contributed by atoms with E-state index in [1.165, 1.54) is 19.9 Å². The van der Waals surface area contributed by atoms with Crippen LogP contribution in [0, 0.1) is 0 Å². The van der Waals surface area contributed by atoms with Crippen molar-refractivity contribution in [3.8, 4) is 23.0 Å². The molecular weight excluding hydrogens is 424 g/mol.